The minimum Gasteiger partial charge on any atom is -0.490 e. The number of halogens is 4. The number of benzene rings is 3. The minimum absolute atomic E-state index is 0.0170. The van der Waals surface area contributed by atoms with Crippen LogP contribution >= 0.6 is 67.3 Å². The van der Waals surface area contributed by atoms with E-state index >= 15 is 0 Å². The molecule has 0 saturated carbocycles. The van der Waals surface area contributed by atoms with Crippen LogP contribution in [0.1, 0.15) is 23.6 Å². The van der Waals surface area contributed by atoms with Gasteiger partial charge in [0.2, 0.25) is 0 Å². The molecule has 4 rings (SSSR count). The number of amides is 2. The molecule has 0 bridgehead atoms. The minimum atomic E-state index is -0.585. The normalized spacial score (nSPS) is 14.6. The zero-order valence-corrected chi connectivity index (χ0v) is 25.6. The van der Waals surface area contributed by atoms with E-state index in [4.69, 9.17) is 44.9 Å². The molecule has 0 atom stereocenters. The lowest BCUT2D eigenvalue weighted by Crippen LogP contribution is -2.54. The van der Waals surface area contributed by atoms with Crippen LogP contribution in [0.2, 0.25) is 10.0 Å². The summed E-state index contributed by atoms with van der Waals surface area (Å²) in [5.74, 6) is -0.236. The van der Waals surface area contributed by atoms with Crippen molar-refractivity contribution in [2.24, 2.45) is 0 Å². The Morgan fingerprint density at radius 1 is 1.05 bits per heavy atom. The molecule has 3 aromatic rings. The Morgan fingerprint density at radius 3 is 2.50 bits per heavy atom. The molecule has 0 unspecified atom stereocenters. The summed E-state index contributed by atoms with van der Waals surface area (Å²) in [4.78, 5) is 27.6. The topological polar surface area (TPSA) is 67.9 Å². The van der Waals surface area contributed by atoms with Crippen LogP contribution in [0.4, 0.5) is 5.69 Å². The highest BCUT2D eigenvalue weighted by Gasteiger charge is 2.35. The average Bonchev–Trinajstić information content (AvgIpc) is 2.83. The zero-order valence-electron chi connectivity index (χ0n) is 20.1. The molecule has 0 spiro atoms. The molecule has 11 heteroatoms. The number of nitrogens with one attached hydrogen (secondary N) is 1. The first kappa shape index (κ1) is 28.6. The van der Waals surface area contributed by atoms with E-state index in [0.717, 1.165) is 15.6 Å². The van der Waals surface area contributed by atoms with E-state index in [9.17, 15) is 9.59 Å². The number of ether oxygens (including phenoxy) is 2. The Labute approximate surface area is 252 Å². The van der Waals surface area contributed by atoms with Gasteiger partial charge in [-0.05, 0) is 102 Å². The highest BCUT2D eigenvalue weighted by atomic mass is 79.9. The van der Waals surface area contributed by atoms with Gasteiger partial charge in [0.1, 0.15) is 12.2 Å². The highest BCUT2D eigenvalue weighted by molar-refractivity contribution is 9.10. The number of thiocarbonyl (C=S) groups is 1. The fourth-order valence-corrected chi connectivity index (χ4v) is 5.56. The molecule has 196 valence electrons. The van der Waals surface area contributed by atoms with Gasteiger partial charge in [-0.25, -0.2) is 0 Å². The molecular weight excluding hydrogens is 679 g/mol. The van der Waals surface area contributed by atoms with Gasteiger partial charge < -0.3 is 9.47 Å². The van der Waals surface area contributed by atoms with Crippen molar-refractivity contribution >= 4 is 96.0 Å². The highest BCUT2D eigenvalue weighted by Crippen LogP contribution is 2.39. The predicted octanol–water partition coefficient (Wildman–Crippen LogP) is 7.64. The van der Waals surface area contributed by atoms with E-state index < -0.39 is 11.8 Å². The van der Waals surface area contributed by atoms with Crippen molar-refractivity contribution in [3.8, 4) is 11.5 Å². The van der Waals surface area contributed by atoms with Gasteiger partial charge in [0.15, 0.2) is 16.6 Å². The number of aryl methyl sites for hydroxylation is 1. The number of carbonyl (C=O) groups is 2. The van der Waals surface area contributed by atoms with E-state index in [-0.39, 0.29) is 17.3 Å². The fraction of sp³-hybridized carbons (Fsp3) is 0.148. The second-order valence-electron chi connectivity index (χ2n) is 8.18. The Morgan fingerprint density at radius 2 is 1.82 bits per heavy atom. The third-order valence-electron chi connectivity index (χ3n) is 5.53. The summed E-state index contributed by atoms with van der Waals surface area (Å²) in [6.45, 7) is 4.25. The molecule has 0 aromatic heterocycles. The second-order valence-corrected chi connectivity index (χ2v) is 11.2. The summed E-state index contributed by atoms with van der Waals surface area (Å²) in [6, 6.07) is 14.0. The number of anilines is 1. The van der Waals surface area contributed by atoms with Crippen LogP contribution in [0.15, 0.2) is 63.0 Å². The number of hydrogen-bond acceptors (Lipinski definition) is 5. The van der Waals surface area contributed by atoms with Gasteiger partial charge in [0, 0.05) is 20.1 Å². The van der Waals surface area contributed by atoms with Crippen LogP contribution in [-0.2, 0) is 16.2 Å². The number of rotatable bonds is 7. The van der Waals surface area contributed by atoms with Gasteiger partial charge in [-0.3, -0.25) is 19.8 Å². The molecule has 1 N–H and O–H groups in total. The zero-order chi connectivity index (χ0) is 27.6. The van der Waals surface area contributed by atoms with Gasteiger partial charge in [-0.2, -0.15) is 0 Å². The van der Waals surface area contributed by atoms with Crippen LogP contribution in [0.25, 0.3) is 6.08 Å². The van der Waals surface area contributed by atoms with E-state index in [0.29, 0.717) is 43.9 Å². The Bertz CT molecular complexity index is 1500. The smallest absolute Gasteiger partial charge is 0.270 e. The molecular formula is C27H20Br2Cl2N2O4S. The van der Waals surface area contributed by atoms with Crippen molar-refractivity contribution in [3.63, 3.8) is 0 Å². The monoisotopic (exact) mass is 696 g/mol. The molecule has 1 saturated heterocycles. The fourth-order valence-electron chi connectivity index (χ4n) is 3.78. The molecule has 1 aliphatic rings. The lowest BCUT2D eigenvalue weighted by Gasteiger charge is -2.30. The molecule has 38 heavy (non-hydrogen) atoms. The number of nitrogens with zero attached hydrogens (tertiary/aromatic N) is 1. The lowest BCUT2D eigenvalue weighted by atomic mass is 10.1. The average molecular weight is 699 g/mol. The van der Waals surface area contributed by atoms with E-state index in [1.165, 1.54) is 11.0 Å². The molecule has 0 radical (unpaired) electrons. The molecule has 6 nitrogen and oxygen atoms in total. The van der Waals surface area contributed by atoms with Gasteiger partial charge in [0.05, 0.1) is 16.8 Å². The van der Waals surface area contributed by atoms with Gasteiger partial charge in [-0.15, -0.1) is 0 Å². The summed E-state index contributed by atoms with van der Waals surface area (Å²) in [5, 5.41) is 3.64. The van der Waals surface area contributed by atoms with Crippen molar-refractivity contribution in [2.75, 3.05) is 11.5 Å². The van der Waals surface area contributed by atoms with Crippen molar-refractivity contribution in [3.05, 3.63) is 89.8 Å². The van der Waals surface area contributed by atoms with E-state index in [2.05, 4.69) is 37.2 Å². The standard InChI is InChI=1S/C27H20Br2Cl2N2O4S/c1-3-36-23-11-15(10-20(29)24(23)37-13-16-4-6-18(30)12-21(16)31)9-19-25(34)32-27(38)33(26(19)35)22-7-5-17(28)8-14(22)2/h4-12H,3,13H2,1-2H3,(H,32,34,38)/b19-9-. The molecule has 1 fully saturated rings. The maximum atomic E-state index is 13.5. The van der Waals surface area contributed by atoms with Crippen molar-refractivity contribution in [1.29, 1.82) is 0 Å². The van der Waals surface area contributed by atoms with Crippen LogP contribution < -0.4 is 19.7 Å². The SMILES string of the molecule is CCOc1cc(/C=C2/C(=O)NC(=S)N(c3ccc(Br)cc3C)C2=O)cc(Br)c1OCc1ccc(Cl)cc1Cl. The number of hydrogen-bond donors (Lipinski definition) is 1. The van der Waals surface area contributed by atoms with Crippen molar-refractivity contribution < 1.29 is 19.1 Å². The van der Waals surface area contributed by atoms with Crippen LogP contribution in [0.5, 0.6) is 11.5 Å². The number of carbonyl (C=O) groups excluding carboxylic acids is 2. The van der Waals surface area contributed by atoms with Crippen molar-refractivity contribution in [1.82, 2.24) is 5.32 Å². The first-order chi connectivity index (χ1) is 18.1. The van der Waals surface area contributed by atoms with Crippen LogP contribution in [0, 0.1) is 6.92 Å². The van der Waals surface area contributed by atoms with Crippen LogP contribution in [0.3, 0.4) is 0 Å². The first-order valence-electron chi connectivity index (χ1n) is 11.3. The molecule has 2 amide bonds. The van der Waals surface area contributed by atoms with Crippen LogP contribution in [-0.4, -0.2) is 23.5 Å². The molecule has 1 heterocycles. The summed E-state index contributed by atoms with van der Waals surface area (Å²) >= 11 is 24.5. The molecule has 1 aliphatic heterocycles. The van der Waals surface area contributed by atoms with E-state index in [1.807, 2.05) is 19.9 Å². The Kier molecular flexibility index (Phi) is 9.15. The largest absolute Gasteiger partial charge is 0.490 e. The maximum Gasteiger partial charge on any atom is 0.270 e. The van der Waals surface area contributed by atoms with Gasteiger partial charge >= 0.3 is 0 Å². The quantitative estimate of drug-likeness (QED) is 0.156. The Hall–Kier alpha value is -2.43. The second kappa shape index (κ2) is 12.2. The van der Waals surface area contributed by atoms with Gasteiger partial charge in [-0.1, -0.05) is 45.2 Å². The van der Waals surface area contributed by atoms with E-state index in [1.54, 1.807) is 42.5 Å². The lowest BCUT2D eigenvalue weighted by molar-refractivity contribution is -0.122. The summed E-state index contributed by atoms with van der Waals surface area (Å²) in [6.07, 6.45) is 1.49. The Balaban J connectivity index is 1.67. The van der Waals surface area contributed by atoms with Crippen molar-refractivity contribution in [2.45, 2.75) is 20.5 Å². The summed E-state index contributed by atoms with van der Waals surface area (Å²) in [5.41, 5.74) is 2.62. The third-order valence-corrected chi connectivity index (χ3v) is 7.49. The first-order valence-corrected chi connectivity index (χ1v) is 14.0. The molecule has 3 aromatic carbocycles. The molecule has 0 aliphatic carbocycles. The summed E-state index contributed by atoms with van der Waals surface area (Å²) in [7, 11) is 0. The maximum absolute atomic E-state index is 13.5. The van der Waals surface area contributed by atoms with Gasteiger partial charge in [0.25, 0.3) is 11.8 Å². The predicted molar refractivity (Wildman–Crippen MR) is 161 cm³/mol. The third kappa shape index (κ3) is 6.24. The summed E-state index contributed by atoms with van der Waals surface area (Å²) < 4.78 is 13.3.